The van der Waals surface area contributed by atoms with Crippen molar-refractivity contribution in [1.82, 2.24) is 15.1 Å². The SMILES string of the molecule is O=C1CC(S(=O)(=O)F)CN1CCc1ccn[nH]1. The van der Waals surface area contributed by atoms with E-state index in [9.17, 15) is 17.1 Å². The molecule has 1 aliphatic heterocycles. The fraction of sp³-hybridized carbons (Fsp3) is 0.556. The van der Waals surface area contributed by atoms with E-state index >= 15 is 0 Å². The van der Waals surface area contributed by atoms with Gasteiger partial charge in [0.2, 0.25) is 5.91 Å². The Bertz CT molecular complexity index is 500. The highest BCUT2D eigenvalue weighted by Gasteiger charge is 2.37. The average molecular weight is 261 g/mol. The molecule has 1 saturated heterocycles. The van der Waals surface area contributed by atoms with Gasteiger partial charge in [-0.25, -0.2) is 0 Å². The van der Waals surface area contributed by atoms with Gasteiger partial charge in [0.15, 0.2) is 0 Å². The van der Waals surface area contributed by atoms with Crippen LogP contribution in [0, 0.1) is 0 Å². The summed E-state index contributed by atoms with van der Waals surface area (Å²) in [5.41, 5.74) is 0.851. The number of aromatic nitrogens is 2. The second kappa shape index (κ2) is 4.44. The van der Waals surface area contributed by atoms with Crippen LogP contribution in [0.4, 0.5) is 3.89 Å². The van der Waals surface area contributed by atoms with Crippen LogP contribution in [0.2, 0.25) is 0 Å². The summed E-state index contributed by atoms with van der Waals surface area (Å²) in [6.45, 7) is 0.304. The van der Waals surface area contributed by atoms with Crippen LogP contribution >= 0.6 is 0 Å². The molecule has 2 heterocycles. The molecular formula is C9H12FN3O3S. The monoisotopic (exact) mass is 261 g/mol. The molecule has 0 aliphatic carbocycles. The minimum atomic E-state index is -4.62. The third-order valence-electron chi connectivity index (χ3n) is 2.79. The zero-order valence-electron chi connectivity index (χ0n) is 8.97. The van der Waals surface area contributed by atoms with Crippen molar-refractivity contribution in [2.24, 2.45) is 0 Å². The first-order valence-corrected chi connectivity index (χ1v) is 6.61. The standard InChI is InChI=1S/C9H12FN3O3S/c10-17(15,16)8-5-9(14)13(6-8)4-2-7-1-3-11-12-7/h1,3,8H,2,4-6H2,(H,11,12). The summed E-state index contributed by atoms with van der Waals surface area (Å²) in [5.74, 6) is -0.323. The predicted octanol–water partition coefficient (Wildman–Crippen LogP) is -0.148. The molecule has 6 nitrogen and oxygen atoms in total. The quantitative estimate of drug-likeness (QED) is 0.764. The molecule has 8 heteroatoms. The normalized spacial score (nSPS) is 21.1. The molecule has 0 aromatic carbocycles. The summed E-state index contributed by atoms with van der Waals surface area (Å²) < 4.78 is 34.1. The summed E-state index contributed by atoms with van der Waals surface area (Å²) in [6.07, 6.45) is 1.88. The van der Waals surface area contributed by atoms with E-state index in [0.717, 1.165) is 5.69 Å². The van der Waals surface area contributed by atoms with E-state index in [-0.39, 0.29) is 18.9 Å². The second-order valence-electron chi connectivity index (χ2n) is 3.97. The maximum atomic E-state index is 12.7. The average Bonchev–Trinajstić information content (AvgIpc) is 2.83. The van der Waals surface area contributed by atoms with Gasteiger partial charge in [0.05, 0.1) is 0 Å². The van der Waals surface area contributed by atoms with Gasteiger partial charge in [0.25, 0.3) is 0 Å². The Morgan fingerprint density at radius 1 is 1.59 bits per heavy atom. The number of carbonyl (C=O) groups excluding carboxylic acids is 1. The minimum Gasteiger partial charge on any atom is -0.341 e. The number of nitrogens with one attached hydrogen (secondary N) is 1. The van der Waals surface area contributed by atoms with Gasteiger partial charge >= 0.3 is 10.2 Å². The van der Waals surface area contributed by atoms with Crippen molar-refractivity contribution in [2.45, 2.75) is 18.1 Å². The number of hydrogen-bond acceptors (Lipinski definition) is 4. The van der Waals surface area contributed by atoms with Gasteiger partial charge in [-0.05, 0) is 6.07 Å². The molecule has 1 unspecified atom stereocenters. The van der Waals surface area contributed by atoms with Gasteiger partial charge in [-0.1, -0.05) is 0 Å². The molecule has 0 radical (unpaired) electrons. The number of carbonyl (C=O) groups is 1. The van der Waals surface area contributed by atoms with Gasteiger partial charge in [-0.15, -0.1) is 3.89 Å². The highest BCUT2D eigenvalue weighted by Crippen LogP contribution is 2.19. The Labute approximate surface area is 98.0 Å². The largest absolute Gasteiger partial charge is 0.341 e. The van der Waals surface area contributed by atoms with Gasteiger partial charge in [-0.3, -0.25) is 9.89 Å². The van der Waals surface area contributed by atoms with Crippen molar-refractivity contribution in [3.63, 3.8) is 0 Å². The summed E-state index contributed by atoms with van der Waals surface area (Å²) in [4.78, 5) is 12.8. The fourth-order valence-electron chi connectivity index (χ4n) is 1.82. The zero-order chi connectivity index (χ0) is 12.5. The summed E-state index contributed by atoms with van der Waals surface area (Å²) in [7, 11) is -4.62. The lowest BCUT2D eigenvalue weighted by Gasteiger charge is -2.14. The first-order valence-electron chi connectivity index (χ1n) is 5.16. The number of amides is 1. The Morgan fingerprint density at radius 2 is 2.35 bits per heavy atom. The molecule has 0 saturated carbocycles. The maximum absolute atomic E-state index is 12.7. The summed E-state index contributed by atoms with van der Waals surface area (Å²) in [6, 6.07) is 1.77. The van der Waals surface area contributed by atoms with Crippen molar-refractivity contribution in [3.05, 3.63) is 18.0 Å². The number of likely N-dealkylation sites (tertiary alicyclic amines) is 1. The summed E-state index contributed by atoms with van der Waals surface area (Å²) in [5, 5.41) is 5.28. The van der Waals surface area contributed by atoms with E-state index in [1.807, 2.05) is 0 Å². The third-order valence-corrected chi connectivity index (χ3v) is 3.90. The predicted molar refractivity (Wildman–Crippen MR) is 57.3 cm³/mol. The molecule has 2 rings (SSSR count). The van der Waals surface area contributed by atoms with Crippen molar-refractivity contribution < 1.29 is 17.1 Å². The first-order chi connectivity index (χ1) is 7.97. The smallest absolute Gasteiger partial charge is 0.307 e. The number of rotatable bonds is 4. The van der Waals surface area contributed by atoms with Crippen LogP contribution in [-0.4, -0.2) is 47.8 Å². The van der Waals surface area contributed by atoms with Crippen molar-refractivity contribution in [2.75, 3.05) is 13.1 Å². The lowest BCUT2D eigenvalue weighted by molar-refractivity contribution is -0.127. The molecule has 0 spiro atoms. The van der Waals surface area contributed by atoms with E-state index in [1.54, 1.807) is 12.3 Å². The van der Waals surface area contributed by atoms with E-state index < -0.39 is 15.5 Å². The van der Waals surface area contributed by atoms with Crippen LogP contribution < -0.4 is 0 Å². The van der Waals surface area contributed by atoms with Crippen LogP contribution in [0.1, 0.15) is 12.1 Å². The first kappa shape index (κ1) is 12.0. The topological polar surface area (TPSA) is 83.1 Å². The van der Waals surface area contributed by atoms with Gasteiger partial charge < -0.3 is 4.90 Å². The Kier molecular flexibility index (Phi) is 3.14. The van der Waals surface area contributed by atoms with Crippen molar-refractivity contribution >= 4 is 16.1 Å². The Balaban J connectivity index is 1.93. The van der Waals surface area contributed by atoms with Crippen molar-refractivity contribution in [3.8, 4) is 0 Å². The van der Waals surface area contributed by atoms with E-state index in [0.29, 0.717) is 13.0 Å². The Morgan fingerprint density at radius 3 is 2.88 bits per heavy atom. The number of hydrogen-bond donors (Lipinski definition) is 1. The molecular weight excluding hydrogens is 249 g/mol. The van der Waals surface area contributed by atoms with Gasteiger partial charge in [-0.2, -0.15) is 13.5 Å². The molecule has 1 N–H and O–H groups in total. The van der Waals surface area contributed by atoms with Crippen LogP contribution in [-0.2, 0) is 21.4 Å². The van der Waals surface area contributed by atoms with E-state index in [1.165, 1.54) is 4.90 Å². The molecule has 1 aliphatic rings. The third kappa shape index (κ3) is 2.82. The van der Waals surface area contributed by atoms with Crippen molar-refractivity contribution in [1.29, 1.82) is 0 Å². The molecule has 1 fully saturated rings. The molecule has 1 aromatic rings. The number of aromatic amines is 1. The lowest BCUT2D eigenvalue weighted by Crippen LogP contribution is -2.29. The van der Waals surface area contributed by atoms with Crippen LogP contribution in [0.5, 0.6) is 0 Å². The van der Waals surface area contributed by atoms with Crippen LogP contribution in [0.3, 0.4) is 0 Å². The van der Waals surface area contributed by atoms with E-state index in [2.05, 4.69) is 10.2 Å². The molecule has 17 heavy (non-hydrogen) atoms. The highest BCUT2D eigenvalue weighted by atomic mass is 32.3. The van der Waals surface area contributed by atoms with Crippen LogP contribution in [0.25, 0.3) is 0 Å². The van der Waals surface area contributed by atoms with Gasteiger partial charge in [0.1, 0.15) is 5.25 Å². The highest BCUT2D eigenvalue weighted by molar-refractivity contribution is 7.87. The van der Waals surface area contributed by atoms with Crippen LogP contribution in [0.15, 0.2) is 12.3 Å². The second-order valence-corrected chi connectivity index (χ2v) is 5.59. The number of H-pyrrole nitrogens is 1. The van der Waals surface area contributed by atoms with Gasteiger partial charge in [0, 0.05) is 37.8 Å². The van der Waals surface area contributed by atoms with E-state index in [4.69, 9.17) is 0 Å². The number of halogens is 1. The fourth-order valence-corrected chi connectivity index (χ4v) is 2.52. The molecule has 1 atom stereocenters. The maximum Gasteiger partial charge on any atom is 0.307 e. The Hall–Kier alpha value is -1.44. The molecule has 1 amide bonds. The summed E-state index contributed by atoms with van der Waals surface area (Å²) >= 11 is 0. The zero-order valence-corrected chi connectivity index (χ0v) is 9.78. The molecule has 1 aromatic heterocycles. The molecule has 94 valence electrons. The minimum absolute atomic E-state index is 0.0637. The lowest BCUT2D eigenvalue weighted by atomic mass is 10.3. The molecule has 0 bridgehead atoms. The number of nitrogens with zero attached hydrogens (tertiary/aromatic N) is 2.